The smallest absolute Gasteiger partial charge is 0.252 e. The van der Waals surface area contributed by atoms with Crippen molar-refractivity contribution < 1.29 is 9.53 Å². The van der Waals surface area contributed by atoms with Crippen molar-refractivity contribution in [3.63, 3.8) is 0 Å². The summed E-state index contributed by atoms with van der Waals surface area (Å²) in [7, 11) is 1.56. The molecular weight excluding hydrogens is 656 g/mol. The van der Waals surface area contributed by atoms with Crippen LogP contribution < -0.4 is 20.7 Å². The van der Waals surface area contributed by atoms with Gasteiger partial charge in [-0.3, -0.25) is 4.79 Å². The van der Waals surface area contributed by atoms with Gasteiger partial charge in [-0.2, -0.15) is 0 Å². The second-order valence-corrected chi connectivity index (χ2v) is 10.9. The molecule has 0 radical (unpaired) electrons. The van der Waals surface area contributed by atoms with Crippen LogP contribution in [0.4, 0.5) is 5.69 Å². The molecule has 2 rings (SSSR count). The molecule has 1 unspecified atom stereocenters. The molecule has 1 atom stereocenters. The fourth-order valence-electron chi connectivity index (χ4n) is 2.08. The van der Waals surface area contributed by atoms with Crippen molar-refractivity contribution in [1.82, 2.24) is 10.6 Å². The fourth-order valence-corrected chi connectivity index (χ4v) is 4.24. The van der Waals surface area contributed by atoms with Crippen LogP contribution in [-0.2, 0) is 0 Å². The van der Waals surface area contributed by atoms with Gasteiger partial charge < -0.3 is 20.7 Å². The molecule has 0 bridgehead atoms. The lowest BCUT2D eigenvalue weighted by molar-refractivity contribution is 0.0934. The van der Waals surface area contributed by atoms with E-state index in [1.807, 2.05) is 0 Å². The first-order chi connectivity index (χ1) is 13.5. The number of nitrogens with one attached hydrogen (secondary N) is 3. The molecule has 2 aromatic rings. The van der Waals surface area contributed by atoms with Crippen LogP contribution in [0.25, 0.3) is 0 Å². The van der Waals surface area contributed by atoms with Gasteiger partial charge in [0.25, 0.3) is 5.91 Å². The average molecular weight is 669 g/mol. The van der Waals surface area contributed by atoms with E-state index in [0.29, 0.717) is 25.9 Å². The van der Waals surface area contributed by atoms with Crippen molar-refractivity contribution >= 4 is 112 Å². The Morgan fingerprint density at radius 1 is 1.07 bits per heavy atom. The standard InChI is InChI=1S/C17H13Br3Cl3N3O2S/c1-28-10-6-11(19)13(12(20)7-10)24-16(29)26-15(17(21,22)23)25-14(27)8-2-4-9(18)5-3-8/h2-7,15H,1H3,(H,25,27)(H2,24,26,29). The fraction of sp³-hybridized carbons (Fsp3) is 0.176. The van der Waals surface area contributed by atoms with Gasteiger partial charge in [0.15, 0.2) is 5.11 Å². The minimum atomic E-state index is -1.87. The summed E-state index contributed by atoms with van der Waals surface area (Å²) in [5.74, 6) is 0.213. The molecule has 0 fully saturated rings. The highest BCUT2D eigenvalue weighted by molar-refractivity contribution is 9.11. The minimum Gasteiger partial charge on any atom is -0.497 e. The Labute approximate surface area is 213 Å². The first-order valence-corrected chi connectivity index (χ1v) is 11.7. The van der Waals surface area contributed by atoms with Crippen LogP contribution in [-0.4, -0.2) is 28.1 Å². The normalized spacial score (nSPS) is 12.1. The van der Waals surface area contributed by atoms with Gasteiger partial charge in [0.1, 0.15) is 11.9 Å². The van der Waals surface area contributed by atoms with Crippen molar-refractivity contribution in [2.45, 2.75) is 9.96 Å². The number of hydrogen-bond acceptors (Lipinski definition) is 3. The molecule has 3 N–H and O–H groups in total. The van der Waals surface area contributed by atoms with Crippen molar-refractivity contribution in [1.29, 1.82) is 0 Å². The summed E-state index contributed by atoms with van der Waals surface area (Å²) in [5, 5.41) is 8.55. The highest BCUT2D eigenvalue weighted by atomic mass is 79.9. The number of hydrogen-bond donors (Lipinski definition) is 3. The highest BCUT2D eigenvalue weighted by Gasteiger charge is 2.35. The number of benzene rings is 2. The Bertz CT molecular complexity index is 888. The van der Waals surface area contributed by atoms with Crippen molar-refractivity contribution in [3.8, 4) is 5.75 Å². The number of thiocarbonyl (C=S) groups is 1. The van der Waals surface area contributed by atoms with Crippen LogP contribution in [0.5, 0.6) is 5.75 Å². The summed E-state index contributed by atoms with van der Waals surface area (Å²) in [6.07, 6.45) is -1.10. The number of rotatable bonds is 5. The second kappa shape index (κ2) is 10.8. The van der Waals surface area contributed by atoms with Gasteiger partial charge in [-0.1, -0.05) is 50.7 Å². The molecule has 0 aromatic heterocycles. The predicted octanol–water partition coefficient (Wildman–Crippen LogP) is 6.40. The summed E-state index contributed by atoms with van der Waals surface area (Å²) < 4.78 is 5.55. The van der Waals surface area contributed by atoms with Gasteiger partial charge in [-0.15, -0.1) is 0 Å². The van der Waals surface area contributed by atoms with E-state index in [-0.39, 0.29) is 5.11 Å². The first kappa shape index (κ1) is 25.0. The Hall–Kier alpha value is -0.290. The van der Waals surface area contributed by atoms with E-state index in [1.165, 1.54) is 0 Å². The molecule has 12 heteroatoms. The number of ether oxygens (including phenoxy) is 1. The Morgan fingerprint density at radius 3 is 2.10 bits per heavy atom. The zero-order valence-corrected chi connectivity index (χ0v) is 22.4. The summed E-state index contributed by atoms with van der Waals surface area (Å²) in [6, 6.07) is 10.3. The van der Waals surface area contributed by atoms with Crippen LogP contribution in [0.2, 0.25) is 0 Å². The third kappa shape index (κ3) is 7.41. The Kier molecular flexibility index (Phi) is 9.33. The maximum Gasteiger partial charge on any atom is 0.252 e. The maximum atomic E-state index is 12.5. The van der Waals surface area contributed by atoms with Crippen molar-refractivity contribution in [2.75, 3.05) is 12.4 Å². The zero-order valence-electron chi connectivity index (χ0n) is 14.5. The molecule has 0 spiro atoms. The quantitative estimate of drug-likeness (QED) is 0.196. The molecule has 0 saturated heterocycles. The lowest BCUT2D eigenvalue weighted by Crippen LogP contribution is -2.56. The topological polar surface area (TPSA) is 62.4 Å². The van der Waals surface area contributed by atoms with Crippen molar-refractivity contribution in [3.05, 3.63) is 55.4 Å². The predicted molar refractivity (Wildman–Crippen MR) is 133 cm³/mol. The van der Waals surface area contributed by atoms with Crippen LogP contribution in [0, 0.1) is 0 Å². The zero-order chi connectivity index (χ0) is 21.8. The average Bonchev–Trinajstić information content (AvgIpc) is 2.63. The van der Waals surface area contributed by atoms with Crippen LogP contribution >= 0.6 is 94.8 Å². The van der Waals surface area contributed by atoms with Crippen LogP contribution in [0.15, 0.2) is 49.8 Å². The molecule has 0 aliphatic heterocycles. The molecule has 0 aliphatic rings. The molecule has 1 amide bonds. The Morgan fingerprint density at radius 2 is 1.62 bits per heavy atom. The molecule has 29 heavy (non-hydrogen) atoms. The number of carbonyl (C=O) groups excluding carboxylic acids is 1. The van der Waals surface area contributed by atoms with Crippen molar-refractivity contribution in [2.24, 2.45) is 0 Å². The largest absolute Gasteiger partial charge is 0.497 e. The third-order valence-corrected chi connectivity index (χ3v) is 6.13. The van der Waals surface area contributed by atoms with Crippen LogP contribution in [0.3, 0.4) is 0 Å². The third-order valence-electron chi connectivity index (χ3n) is 3.47. The van der Waals surface area contributed by atoms with Gasteiger partial charge in [-0.25, -0.2) is 0 Å². The second-order valence-electron chi connectivity index (χ2n) is 5.52. The van der Waals surface area contributed by atoms with E-state index in [2.05, 4.69) is 63.7 Å². The first-order valence-electron chi connectivity index (χ1n) is 7.75. The van der Waals surface area contributed by atoms with Gasteiger partial charge in [0.2, 0.25) is 3.79 Å². The monoisotopic (exact) mass is 665 g/mol. The SMILES string of the molecule is COc1cc(Br)c(NC(=S)NC(NC(=O)c2ccc(Br)cc2)C(Cl)(Cl)Cl)c(Br)c1. The number of carbonyl (C=O) groups is 1. The van der Waals surface area contributed by atoms with E-state index < -0.39 is 15.9 Å². The van der Waals surface area contributed by atoms with Gasteiger partial charge >= 0.3 is 0 Å². The lowest BCUT2D eigenvalue weighted by Gasteiger charge is -2.28. The number of anilines is 1. The number of halogens is 6. The molecular formula is C17H13Br3Cl3N3O2S. The highest BCUT2D eigenvalue weighted by Crippen LogP contribution is 2.35. The molecule has 0 saturated carbocycles. The van der Waals surface area contributed by atoms with Gasteiger partial charge in [0.05, 0.1) is 12.8 Å². The molecule has 5 nitrogen and oxygen atoms in total. The minimum absolute atomic E-state index is 0.129. The number of amides is 1. The molecule has 0 heterocycles. The van der Waals surface area contributed by atoms with E-state index in [4.69, 9.17) is 51.8 Å². The van der Waals surface area contributed by atoms with Gasteiger partial charge in [-0.05, 0) is 80.5 Å². The molecule has 156 valence electrons. The summed E-state index contributed by atoms with van der Waals surface area (Å²) in [5.41, 5.74) is 1.03. The summed E-state index contributed by atoms with van der Waals surface area (Å²) in [4.78, 5) is 12.5. The Balaban J connectivity index is 2.13. The summed E-state index contributed by atoms with van der Waals surface area (Å²) >= 11 is 33.6. The molecule has 2 aromatic carbocycles. The van der Waals surface area contributed by atoms with E-state index in [0.717, 1.165) is 4.47 Å². The number of alkyl halides is 3. The van der Waals surface area contributed by atoms with Crippen LogP contribution in [0.1, 0.15) is 10.4 Å². The summed E-state index contributed by atoms with van der Waals surface area (Å²) in [6.45, 7) is 0. The molecule has 0 aliphatic carbocycles. The van der Waals surface area contributed by atoms with E-state index >= 15 is 0 Å². The van der Waals surface area contributed by atoms with Gasteiger partial charge in [0, 0.05) is 19.0 Å². The maximum absolute atomic E-state index is 12.5. The van der Waals surface area contributed by atoms with E-state index in [1.54, 1.807) is 43.5 Å². The lowest BCUT2D eigenvalue weighted by atomic mass is 10.2. The number of methoxy groups -OCH3 is 1. The van der Waals surface area contributed by atoms with E-state index in [9.17, 15) is 4.79 Å².